The van der Waals surface area contributed by atoms with Crippen molar-refractivity contribution in [1.82, 2.24) is 14.5 Å². The molecule has 2 rings (SSSR count). The van der Waals surface area contributed by atoms with Crippen molar-refractivity contribution in [1.29, 1.82) is 0 Å². The van der Waals surface area contributed by atoms with Crippen LogP contribution in [-0.4, -0.2) is 62.3 Å². The van der Waals surface area contributed by atoms with E-state index in [9.17, 15) is 13.2 Å². The van der Waals surface area contributed by atoms with Gasteiger partial charge in [-0.05, 0) is 44.1 Å². The molecule has 8 heteroatoms. The number of rotatable bonds is 8. The Balaban J connectivity index is 2.17. The lowest BCUT2D eigenvalue weighted by atomic mass is 10.2. The maximum atomic E-state index is 12.7. The Morgan fingerprint density at radius 3 is 2.62 bits per heavy atom. The van der Waals surface area contributed by atoms with Gasteiger partial charge in [0.15, 0.2) is 0 Å². The second-order valence-electron chi connectivity index (χ2n) is 6.37. The molecule has 1 N–H and O–H groups in total. The second-order valence-corrected chi connectivity index (χ2v) is 8.71. The lowest BCUT2D eigenvalue weighted by Gasteiger charge is -2.23. The molecule has 26 heavy (non-hydrogen) atoms. The van der Waals surface area contributed by atoms with Crippen LogP contribution in [0.25, 0.3) is 0 Å². The predicted octanol–water partition coefficient (Wildman–Crippen LogP) is 2.58. The van der Waals surface area contributed by atoms with Crippen molar-refractivity contribution >= 4 is 27.5 Å². The fourth-order valence-electron chi connectivity index (χ4n) is 3.40. The molecular weight excluding hydrogens is 374 g/mol. The Bertz CT molecular complexity index is 735. The summed E-state index contributed by atoms with van der Waals surface area (Å²) < 4.78 is 26.7. The summed E-state index contributed by atoms with van der Waals surface area (Å²) >= 11 is 6.16. The van der Waals surface area contributed by atoms with Crippen molar-refractivity contribution in [3.05, 3.63) is 28.8 Å². The maximum Gasteiger partial charge on any atom is 0.252 e. The van der Waals surface area contributed by atoms with E-state index in [1.165, 1.54) is 22.5 Å². The van der Waals surface area contributed by atoms with E-state index >= 15 is 0 Å². The highest BCUT2D eigenvalue weighted by atomic mass is 35.5. The standard InChI is InChI=1S/C18H28ClN3O3S/c1-4-21-11-7-8-14(21)13-20-18(23)16-12-15(9-10-17(16)19)26(24,25)22(5-2)6-3/h9-10,12,14H,4-8,11,13H2,1-3H3,(H,20,23). The third-order valence-electron chi connectivity index (χ3n) is 4.93. The van der Waals surface area contributed by atoms with Gasteiger partial charge in [0.1, 0.15) is 0 Å². The molecule has 6 nitrogen and oxygen atoms in total. The van der Waals surface area contributed by atoms with Gasteiger partial charge in [-0.2, -0.15) is 4.31 Å². The Hall–Kier alpha value is -1.15. The van der Waals surface area contributed by atoms with Crippen molar-refractivity contribution in [3.63, 3.8) is 0 Å². The highest BCUT2D eigenvalue weighted by molar-refractivity contribution is 7.89. The first-order chi connectivity index (χ1) is 12.3. The molecule has 1 amide bonds. The first-order valence-corrected chi connectivity index (χ1v) is 11.0. The number of amides is 1. The summed E-state index contributed by atoms with van der Waals surface area (Å²) in [5.41, 5.74) is 0.195. The van der Waals surface area contributed by atoms with Crippen LogP contribution in [0, 0.1) is 0 Å². The van der Waals surface area contributed by atoms with E-state index < -0.39 is 10.0 Å². The Morgan fingerprint density at radius 2 is 2.00 bits per heavy atom. The minimum atomic E-state index is -3.63. The Labute approximate surface area is 161 Å². The van der Waals surface area contributed by atoms with Gasteiger partial charge in [-0.15, -0.1) is 0 Å². The summed E-state index contributed by atoms with van der Waals surface area (Å²) in [7, 11) is -3.63. The number of carbonyl (C=O) groups excluding carboxylic acids is 1. The smallest absolute Gasteiger partial charge is 0.252 e. The lowest BCUT2D eigenvalue weighted by molar-refractivity contribution is 0.0941. The highest BCUT2D eigenvalue weighted by Crippen LogP contribution is 2.23. The van der Waals surface area contributed by atoms with Crippen LogP contribution in [0.3, 0.4) is 0 Å². The molecular formula is C18H28ClN3O3S. The quantitative estimate of drug-likeness (QED) is 0.726. The van der Waals surface area contributed by atoms with Gasteiger partial charge in [-0.25, -0.2) is 8.42 Å². The Morgan fingerprint density at radius 1 is 1.31 bits per heavy atom. The number of nitrogens with zero attached hydrogens (tertiary/aromatic N) is 2. The van der Waals surface area contributed by atoms with Crippen molar-refractivity contribution < 1.29 is 13.2 Å². The van der Waals surface area contributed by atoms with E-state index in [2.05, 4.69) is 17.1 Å². The van der Waals surface area contributed by atoms with Crippen molar-refractivity contribution in [2.24, 2.45) is 0 Å². The molecule has 1 fully saturated rings. The van der Waals surface area contributed by atoms with E-state index in [0.29, 0.717) is 25.7 Å². The number of hydrogen-bond acceptors (Lipinski definition) is 4. The molecule has 0 saturated carbocycles. The van der Waals surface area contributed by atoms with Crippen molar-refractivity contribution in [2.75, 3.05) is 32.7 Å². The molecule has 0 aromatic heterocycles. The number of hydrogen-bond donors (Lipinski definition) is 1. The van der Waals surface area contributed by atoms with Crippen LogP contribution in [0.4, 0.5) is 0 Å². The summed E-state index contributed by atoms with van der Waals surface area (Å²) in [6.07, 6.45) is 2.19. The third-order valence-corrected chi connectivity index (χ3v) is 7.30. The number of sulfonamides is 1. The molecule has 1 aliphatic rings. The molecule has 1 aromatic rings. The highest BCUT2D eigenvalue weighted by Gasteiger charge is 2.26. The molecule has 0 spiro atoms. The zero-order valence-corrected chi connectivity index (χ0v) is 17.2. The van der Waals surface area contributed by atoms with Crippen LogP contribution < -0.4 is 5.32 Å². The predicted molar refractivity (Wildman–Crippen MR) is 104 cm³/mol. The van der Waals surface area contributed by atoms with Crippen molar-refractivity contribution in [2.45, 2.75) is 44.6 Å². The molecule has 0 bridgehead atoms. The Kier molecular flexibility index (Phi) is 7.46. The monoisotopic (exact) mass is 401 g/mol. The maximum absolute atomic E-state index is 12.7. The molecule has 146 valence electrons. The SMILES string of the molecule is CCN1CCCC1CNC(=O)c1cc(S(=O)(=O)N(CC)CC)ccc1Cl. The molecule has 1 atom stereocenters. The van der Waals surface area contributed by atoms with E-state index in [4.69, 9.17) is 11.6 Å². The zero-order chi connectivity index (χ0) is 19.3. The van der Waals surface area contributed by atoms with Gasteiger partial charge in [-0.1, -0.05) is 32.4 Å². The zero-order valence-electron chi connectivity index (χ0n) is 15.7. The van der Waals surface area contributed by atoms with E-state index in [1.54, 1.807) is 13.8 Å². The number of carbonyl (C=O) groups is 1. The van der Waals surface area contributed by atoms with Gasteiger partial charge < -0.3 is 5.32 Å². The van der Waals surface area contributed by atoms with Gasteiger partial charge in [-0.3, -0.25) is 9.69 Å². The largest absolute Gasteiger partial charge is 0.350 e. The average Bonchev–Trinajstić information content (AvgIpc) is 3.08. The first-order valence-electron chi connectivity index (χ1n) is 9.17. The molecule has 1 aromatic carbocycles. The lowest BCUT2D eigenvalue weighted by Crippen LogP contribution is -2.40. The van der Waals surface area contributed by atoms with Crippen molar-refractivity contribution in [3.8, 4) is 0 Å². The molecule has 1 unspecified atom stereocenters. The fraction of sp³-hybridized carbons (Fsp3) is 0.611. The summed E-state index contributed by atoms with van der Waals surface area (Å²) in [5, 5.41) is 3.16. The number of likely N-dealkylation sites (N-methyl/N-ethyl adjacent to an activating group) is 1. The third kappa shape index (κ3) is 4.57. The van der Waals surface area contributed by atoms with Gasteiger partial charge in [0.25, 0.3) is 5.91 Å². The van der Waals surface area contributed by atoms with Crippen LogP contribution in [-0.2, 0) is 10.0 Å². The van der Waals surface area contributed by atoms with Crippen LogP contribution in [0.15, 0.2) is 23.1 Å². The minimum absolute atomic E-state index is 0.0896. The number of benzene rings is 1. The van der Waals surface area contributed by atoms with Crippen LogP contribution in [0.1, 0.15) is 44.0 Å². The summed E-state index contributed by atoms with van der Waals surface area (Å²) in [6.45, 7) is 8.97. The number of likely N-dealkylation sites (tertiary alicyclic amines) is 1. The summed E-state index contributed by atoms with van der Waals surface area (Å²) in [5.74, 6) is -0.338. The topological polar surface area (TPSA) is 69.7 Å². The van der Waals surface area contributed by atoms with E-state index in [0.717, 1.165) is 25.9 Å². The molecule has 1 heterocycles. The van der Waals surface area contributed by atoms with Gasteiger partial charge in [0, 0.05) is 25.7 Å². The number of nitrogens with one attached hydrogen (secondary N) is 1. The van der Waals surface area contributed by atoms with Gasteiger partial charge >= 0.3 is 0 Å². The molecule has 0 aliphatic carbocycles. The molecule has 1 aliphatic heterocycles. The summed E-state index contributed by atoms with van der Waals surface area (Å²) in [4.78, 5) is 15.0. The minimum Gasteiger partial charge on any atom is -0.350 e. The average molecular weight is 402 g/mol. The van der Waals surface area contributed by atoms with E-state index in [1.807, 2.05) is 0 Å². The normalized spacial score (nSPS) is 18.4. The van der Waals surface area contributed by atoms with E-state index in [-0.39, 0.29) is 21.4 Å². The van der Waals surface area contributed by atoms with Crippen LogP contribution in [0.2, 0.25) is 5.02 Å². The summed E-state index contributed by atoms with van der Waals surface area (Å²) in [6, 6.07) is 4.62. The molecule has 1 saturated heterocycles. The fourth-order valence-corrected chi connectivity index (χ4v) is 5.09. The first kappa shape index (κ1) is 21.2. The van der Waals surface area contributed by atoms with Crippen LogP contribution in [0.5, 0.6) is 0 Å². The molecule has 0 radical (unpaired) electrons. The number of halogens is 1. The van der Waals surface area contributed by atoms with Gasteiger partial charge in [0.05, 0.1) is 15.5 Å². The van der Waals surface area contributed by atoms with Gasteiger partial charge in [0.2, 0.25) is 10.0 Å². The second kappa shape index (κ2) is 9.17. The van der Waals surface area contributed by atoms with Crippen LogP contribution >= 0.6 is 11.6 Å².